The first kappa shape index (κ1) is 17.3. The van der Waals surface area contributed by atoms with Crippen molar-refractivity contribution in [2.75, 3.05) is 13.7 Å². The number of imide groups is 1. The van der Waals surface area contributed by atoms with Crippen LogP contribution < -0.4 is 4.74 Å². The molecule has 0 unspecified atom stereocenters. The molecule has 0 spiro atoms. The molecule has 0 bridgehead atoms. The van der Waals surface area contributed by atoms with Crippen molar-refractivity contribution in [1.82, 2.24) is 4.90 Å². The Morgan fingerprint density at radius 3 is 2.25 bits per heavy atom. The molecule has 2 amide bonds. The largest absolute Gasteiger partial charge is 0.497 e. The van der Waals surface area contributed by atoms with Crippen molar-refractivity contribution >= 4 is 12.2 Å². The monoisotopic (exact) mass is 329 g/mol. The second kappa shape index (κ2) is 8.57. The van der Waals surface area contributed by atoms with Gasteiger partial charge in [-0.25, -0.2) is 14.5 Å². The van der Waals surface area contributed by atoms with Gasteiger partial charge in [-0.15, -0.1) is 0 Å². The lowest BCUT2D eigenvalue weighted by atomic mass is 10.1. The first-order valence-electron chi connectivity index (χ1n) is 7.44. The maximum absolute atomic E-state index is 12.0. The molecule has 2 aromatic rings. The summed E-state index contributed by atoms with van der Waals surface area (Å²) >= 11 is 0. The Morgan fingerprint density at radius 1 is 1.00 bits per heavy atom. The molecule has 6 nitrogen and oxygen atoms in total. The summed E-state index contributed by atoms with van der Waals surface area (Å²) in [5.74, 6) is 0.695. The SMILES string of the molecule is COc1ccc(COC(=O)N(CCc2ccccc2)C(=O)O)cc1. The molecule has 0 aromatic heterocycles. The summed E-state index contributed by atoms with van der Waals surface area (Å²) in [5.41, 5.74) is 1.70. The van der Waals surface area contributed by atoms with Crippen molar-refractivity contribution in [3.63, 3.8) is 0 Å². The van der Waals surface area contributed by atoms with E-state index in [1.807, 2.05) is 30.3 Å². The van der Waals surface area contributed by atoms with E-state index < -0.39 is 12.2 Å². The van der Waals surface area contributed by atoms with Gasteiger partial charge in [0, 0.05) is 6.54 Å². The Balaban J connectivity index is 1.89. The number of rotatable bonds is 6. The number of carbonyl (C=O) groups excluding carboxylic acids is 1. The van der Waals surface area contributed by atoms with Crippen LogP contribution in [0.1, 0.15) is 11.1 Å². The molecular weight excluding hydrogens is 310 g/mol. The van der Waals surface area contributed by atoms with Gasteiger partial charge >= 0.3 is 12.2 Å². The predicted octanol–water partition coefficient (Wildman–Crippen LogP) is 3.55. The fourth-order valence-corrected chi connectivity index (χ4v) is 2.10. The zero-order chi connectivity index (χ0) is 17.4. The van der Waals surface area contributed by atoms with Crippen molar-refractivity contribution in [3.05, 3.63) is 65.7 Å². The highest BCUT2D eigenvalue weighted by Crippen LogP contribution is 2.12. The van der Waals surface area contributed by atoms with Gasteiger partial charge in [-0.3, -0.25) is 0 Å². The van der Waals surface area contributed by atoms with Crippen LogP contribution in [0.4, 0.5) is 9.59 Å². The van der Waals surface area contributed by atoms with Crippen molar-refractivity contribution in [1.29, 1.82) is 0 Å². The summed E-state index contributed by atoms with van der Waals surface area (Å²) in [7, 11) is 1.56. The van der Waals surface area contributed by atoms with Crippen molar-refractivity contribution in [3.8, 4) is 5.75 Å². The molecule has 0 aliphatic carbocycles. The number of hydrogen-bond donors (Lipinski definition) is 1. The van der Waals surface area contributed by atoms with Crippen LogP contribution in [0.3, 0.4) is 0 Å². The maximum atomic E-state index is 12.0. The fourth-order valence-electron chi connectivity index (χ4n) is 2.10. The number of benzene rings is 2. The van der Waals surface area contributed by atoms with Crippen LogP contribution >= 0.6 is 0 Å². The third-order valence-corrected chi connectivity index (χ3v) is 3.44. The number of methoxy groups -OCH3 is 1. The van der Waals surface area contributed by atoms with E-state index in [1.165, 1.54) is 0 Å². The third kappa shape index (κ3) is 5.01. The summed E-state index contributed by atoms with van der Waals surface area (Å²) in [6.45, 7) is 0.0404. The normalized spacial score (nSPS) is 10.0. The Labute approximate surface area is 140 Å². The summed E-state index contributed by atoms with van der Waals surface area (Å²) < 4.78 is 10.1. The molecule has 0 aliphatic rings. The average Bonchev–Trinajstić information content (AvgIpc) is 2.61. The number of carbonyl (C=O) groups is 2. The molecule has 0 radical (unpaired) electrons. The van der Waals surface area contributed by atoms with Crippen LogP contribution in [0.15, 0.2) is 54.6 Å². The minimum absolute atomic E-state index is 0.00204. The summed E-state index contributed by atoms with van der Waals surface area (Å²) in [6, 6.07) is 16.3. The van der Waals surface area contributed by atoms with Crippen molar-refractivity contribution in [2.45, 2.75) is 13.0 Å². The van der Waals surface area contributed by atoms with Crippen LogP contribution in [0.2, 0.25) is 0 Å². The highest BCUT2D eigenvalue weighted by molar-refractivity contribution is 5.86. The van der Waals surface area contributed by atoms with Gasteiger partial charge in [0.2, 0.25) is 0 Å². The molecule has 0 aliphatic heterocycles. The van der Waals surface area contributed by atoms with Crippen LogP contribution in [-0.2, 0) is 17.8 Å². The smallest absolute Gasteiger partial charge is 0.419 e. The molecule has 2 aromatic carbocycles. The van der Waals surface area contributed by atoms with Crippen LogP contribution in [0.5, 0.6) is 5.75 Å². The quantitative estimate of drug-likeness (QED) is 0.877. The average molecular weight is 329 g/mol. The van der Waals surface area contributed by atoms with Gasteiger partial charge in [0.05, 0.1) is 7.11 Å². The second-order valence-corrected chi connectivity index (χ2v) is 5.07. The lowest BCUT2D eigenvalue weighted by Crippen LogP contribution is -2.37. The molecule has 2 rings (SSSR count). The number of carboxylic acid groups (broad SMARTS) is 1. The summed E-state index contributed by atoms with van der Waals surface area (Å²) in [5, 5.41) is 9.20. The molecule has 0 fully saturated rings. The first-order valence-corrected chi connectivity index (χ1v) is 7.44. The van der Waals surface area contributed by atoms with Gasteiger partial charge in [-0.1, -0.05) is 42.5 Å². The van der Waals surface area contributed by atoms with E-state index in [9.17, 15) is 14.7 Å². The number of ether oxygens (including phenoxy) is 2. The number of amides is 2. The molecule has 1 N–H and O–H groups in total. The summed E-state index contributed by atoms with van der Waals surface area (Å²) in [6.07, 6.45) is -1.77. The molecule has 6 heteroatoms. The van der Waals surface area contributed by atoms with E-state index in [0.717, 1.165) is 11.1 Å². The van der Waals surface area contributed by atoms with Gasteiger partial charge in [0.1, 0.15) is 12.4 Å². The van der Waals surface area contributed by atoms with Gasteiger partial charge in [0.15, 0.2) is 0 Å². The van der Waals surface area contributed by atoms with E-state index in [0.29, 0.717) is 17.1 Å². The fraction of sp³-hybridized carbons (Fsp3) is 0.222. The number of nitrogens with zero attached hydrogens (tertiary/aromatic N) is 1. The minimum Gasteiger partial charge on any atom is -0.497 e. The van der Waals surface area contributed by atoms with Gasteiger partial charge in [0.25, 0.3) is 0 Å². The summed E-state index contributed by atoms with van der Waals surface area (Å²) in [4.78, 5) is 23.9. The standard InChI is InChI=1S/C18H19NO5/c1-23-16-9-7-15(8-10-16)13-24-18(22)19(17(20)21)12-11-14-5-3-2-4-6-14/h2-10H,11-13H2,1H3,(H,20,21). The topological polar surface area (TPSA) is 76.1 Å². The highest BCUT2D eigenvalue weighted by atomic mass is 16.6. The van der Waals surface area contributed by atoms with Gasteiger partial charge in [-0.05, 0) is 29.7 Å². The Hall–Kier alpha value is -3.02. The van der Waals surface area contributed by atoms with Gasteiger partial charge < -0.3 is 14.6 Å². The molecule has 0 saturated carbocycles. The van der Waals surface area contributed by atoms with E-state index in [4.69, 9.17) is 9.47 Å². The maximum Gasteiger partial charge on any atom is 0.419 e. The second-order valence-electron chi connectivity index (χ2n) is 5.07. The van der Waals surface area contributed by atoms with E-state index in [2.05, 4.69) is 0 Å². The lowest BCUT2D eigenvalue weighted by Gasteiger charge is -2.17. The minimum atomic E-state index is -1.33. The number of hydrogen-bond acceptors (Lipinski definition) is 4. The molecule has 0 atom stereocenters. The Kier molecular flexibility index (Phi) is 6.19. The molecule has 0 saturated heterocycles. The van der Waals surface area contributed by atoms with E-state index in [1.54, 1.807) is 31.4 Å². The lowest BCUT2D eigenvalue weighted by molar-refractivity contribution is 0.0900. The van der Waals surface area contributed by atoms with E-state index in [-0.39, 0.29) is 13.2 Å². The molecule has 126 valence electrons. The van der Waals surface area contributed by atoms with Gasteiger partial charge in [-0.2, -0.15) is 0 Å². The van der Waals surface area contributed by atoms with Crippen LogP contribution in [0, 0.1) is 0 Å². The Bertz CT molecular complexity index is 670. The highest BCUT2D eigenvalue weighted by Gasteiger charge is 2.22. The zero-order valence-electron chi connectivity index (χ0n) is 13.3. The third-order valence-electron chi connectivity index (χ3n) is 3.44. The predicted molar refractivity (Wildman–Crippen MR) is 88.1 cm³/mol. The molecular formula is C18H19NO5. The molecule has 0 heterocycles. The first-order chi connectivity index (χ1) is 11.6. The van der Waals surface area contributed by atoms with E-state index >= 15 is 0 Å². The van der Waals surface area contributed by atoms with Crippen molar-refractivity contribution < 1.29 is 24.2 Å². The van der Waals surface area contributed by atoms with Crippen LogP contribution in [0.25, 0.3) is 0 Å². The molecule has 24 heavy (non-hydrogen) atoms. The van der Waals surface area contributed by atoms with Crippen LogP contribution in [-0.4, -0.2) is 35.8 Å². The van der Waals surface area contributed by atoms with Crippen molar-refractivity contribution in [2.24, 2.45) is 0 Å². The Morgan fingerprint density at radius 2 is 1.67 bits per heavy atom. The zero-order valence-corrected chi connectivity index (χ0v) is 13.3.